The molecule has 1 atom stereocenters. The van der Waals surface area contributed by atoms with E-state index in [1.807, 2.05) is 97.1 Å². The summed E-state index contributed by atoms with van der Waals surface area (Å²) >= 11 is 0. The van der Waals surface area contributed by atoms with E-state index in [0.29, 0.717) is 28.9 Å². The number of aromatic nitrogens is 1. The zero-order valence-electron chi connectivity index (χ0n) is 32.0. The van der Waals surface area contributed by atoms with E-state index < -0.39 is 12.2 Å². The van der Waals surface area contributed by atoms with Gasteiger partial charge < -0.3 is 40.2 Å². The molecule has 58 heavy (non-hydrogen) atoms. The average Bonchev–Trinajstić information content (AvgIpc) is 3.24. The van der Waals surface area contributed by atoms with Crippen molar-refractivity contribution in [3.05, 3.63) is 154 Å². The Balaban J connectivity index is 0.807. The number of carbonyl (C=O) groups is 2. The number of fused-ring (bicyclic) bond motifs is 1. The molecule has 2 amide bonds. The smallest absolute Gasteiger partial charge is 0.411 e. The van der Waals surface area contributed by atoms with E-state index in [4.69, 9.17) is 9.47 Å². The minimum absolute atomic E-state index is 0.0680. The number of anilines is 2. The number of phenols is 1. The number of benzene rings is 5. The van der Waals surface area contributed by atoms with Crippen LogP contribution in [0.2, 0.25) is 0 Å². The number of rotatable bonds is 15. The molecule has 298 valence electrons. The number of nitrogens with zero attached hydrogens (tertiary/aromatic N) is 1. The monoisotopic (exact) mass is 781 g/mol. The number of hydrogen-bond donors (Lipinski definition) is 6. The Labute approximate surface area is 336 Å². The van der Waals surface area contributed by atoms with Crippen LogP contribution in [0.5, 0.6) is 11.5 Å². The number of aromatic hydroxyl groups is 1. The molecule has 0 spiro atoms. The third-order valence-electron chi connectivity index (χ3n) is 10.3. The molecular weight excluding hydrogens is 735 g/mol. The molecule has 0 bridgehead atoms. The Morgan fingerprint density at radius 3 is 2.38 bits per heavy atom. The third-order valence-corrected chi connectivity index (χ3v) is 10.3. The van der Waals surface area contributed by atoms with Gasteiger partial charge in [0.2, 0.25) is 5.56 Å². The Bertz CT molecular complexity index is 2380. The van der Waals surface area contributed by atoms with Crippen molar-refractivity contribution in [3.8, 4) is 22.6 Å². The zero-order valence-corrected chi connectivity index (χ0v) is 32.0. The molecule has 1 saturated heterocycles. The zero-order chi connectivity index (χ0) is 40.3. The van der Waals surface area contributed by atoms with Gasteiger partial charge >= 0.3 is 6.09 Å². The minimum atomic E-state index is -0.909. The van der Waals surface area contributed by atoms with E-state index >= 15 is 0 Å². The van der Waals surface area contributed by atoms with E-state index in [1.54, 1.807) is 18.2 Å². The number of aliphatic hydroxyl groups excluding tert-OH is 1. The van der Waals surface area contributed by atoms with Gasteiger partial charge in [0.05, 0.1) is 17.3 Å². The number of hydrogen-bond acceptors (Lipinski definition) is 9. The second-order valence-electron chi connectivity index (χ2n) is 14.3. The van der Waals surface area contributed by atoms with Crippen LogP contribution in [0.3, 0.4) is 0 Å². The minimum Gasteiger partial charge on any atom is -0.506 e. The van der Waals surface area contributed by atoms with Crippen molar-refractivity contribution in [1.29, 1.82) is 0 Å². The molecule has 12 heteroatoms. The SMILES string of the molecule is O=C(COc1ccccc1CNC[C@@H](O)c1ccc(O)c2[nH]c(=O)ccc12)Nc1ccc(CCN2CCC(OC(=O)Nc3ccccc3-c3ccccc3)CC2)cc1. The highest BCUT2D eigenvalue weighted by Crippen LogP contribution is 2.30. The van der Waals surface area contributed by atoms with E-state index in [2.05, 4.69) is 25.8 Å². The summed E-state index contributed by atoms with van der Waals surface area (Å²) in [5.41, 5.74) is 5.84. The lowest BCUT2D eigenvalue weighted by Crippen LogP contribution is -2.39. The summed E-state index contributed by atoms with van der Waals surface area (Å²) in [5.74, 6) is 0.190. The fraction of sp³-hybridized carbons (Fsp3) is 0.239. The summed E-state index contributed by atoms with van der Waals surface area (Å²) in [4.78, 5) is 42.4. The maximum Gasteiger partial charge on any atom is 0.411 e. The quantitative estimate of drug-likeness (QED) is 0.0644. The van der Waals surface area contributed by atoms with Gasteiger partial charge in [0, 0.05) is 61.0 Å². The fourth-order valence-electron chi connectivity index (χ4n) is 7.18. The molecule has 7 rings (SSSR count). The van der Waals surface area contributed by atoms with Crippen molar-refractivity contribution >= 4 is 34.3 Å². The highest BCUT2D eigenvalue weighted by Gasteiger charge is 2.23. The second-order valence-corrected chi connectivity index (χ2v) is 14.3. The number of amides is 2. The number of piperidine rings is 1. The molecule has 5 aromatic carbocycles. The molecule has 12 nitrogen and oxygen atoms in total. The lowest BCUT2D eigenvalue weighted by Gasteiger charge is -2.31. The van der Waals surface area contributed by atoms with Crippen molar-refractivity contribution < 1.29 is 29.3 Å². The summed E-state index contributed by atoms with van der Waals surface area (Å²) < 4.78 is 11.7. The number of aromatic amines is 1. The number of nitrogens with one attached hydrogen (secondary N) is 4. The van der Waals surface area contributed by atoms with Crippen LogP contribution in [-0.2, 0) is 22.5 Å². The molecule has 1 fully saturated rings. The van der Waals surface area contributed by atoms with Gasteiger partial charge in [-0.25, -0.2) is 4.79 Å². The van der Waals surface area contributed by atoms with Crippen molar-refractivity contribution in [2.75, 3.05) is 43.4 Å². The molecule has 1 aliphatic rings. The molecule has 1 aromatic heterocycles. The molecule has 6 aromatic rings. The van der Waals surface area contributed by atoms with Crippen LogP contribution in [0.1, 0.15) is 35.6 Å². The summed E-state index contributed by atoms with van der Waals surface area (Å²) in [6.07, 6.45) is 0.922. The summed E-state index contributed by atoms with van der Waals surface area (Å²) in [7, 11) is 0. The first-order valence-electron chi connectivity index (χ1n) is 19.5. The third kappa shape index (κ3) is 10.5. The number of H-pyrrole nitrogens is 1. The molecule has 0 unspecified atom stereocenters. The molecule has 0 aliphatic carbocycles. The Hall–Kier alpha value is -6.47. The lowest BCUT2D eigenvalue weighted by atomic mass is 10.0. The van der Waals surface area contributed by atoms with Gasteiger partial charge in [0.1, 0.15) is 17.6 Å². The van der Waals surface area contributed by atoms with Gasteiger partial charge in [-0.1, -0.05) is 84.9 Å². The highest BCUT2D eigenvalue weighted by atomic mass is 16.6. The second kappa shape index (κ2) is 19.1. The summed E-state index contributed by atoms with van der Waals surface area (Å²) in [6, 6.07) is 38.9. The Kier molecular flexibility index (Phi) is 13.1. The van der Waals surface area contributed by atoms with Gasteiger partial charge in [-0.3, -0.25) is 14.9 Å². The summed E-state index contributed by atoms with van der Waals surface area (Å²) in [6.45, 7) is 2.96. The molecule has 0 radical (unpaired) electrons. The van der Waals surface area contributed by atoms with Crippen LogP contribution in [-0.4, -0.2) is 71.0 Å². The highest BCUT2D eigenvalue weighted by molar-refractivity contribution is 5.92. The van der Waals surface area contributed by atoms with Gasteiger partial charge in [-0.05, 0) is 72.4 Å². The largest absolute Gasteiger partial charge is 0.506 e. The number of para-hydroxylation sites is 2. The van der Waals surface area contributed by atoms with E-state index in [-0.39, 0.29) is 42.0 Å². The fourth-order valence-corrected chi connectivity index (χ4v) is 7.18. The molecule has 6 N–H and O–H groups in total. The average molecular weight is 782 g/mol. The number of carbonyl (C=O) groups excluding carboxylic acids is 2. The van der Waals surface area contributed by atoms with Crippen molar-refractivity contribution in [2.24, 2.45) is 0 Å². The van der Waals surface area contributed by atoms with Crippen molar-refractivity contribution in [2.45, 2.75) is 38.0 Å². The van der Waals surface area contributed by atoms with Crippen LogP contribution in [0.4, 0.5) is 16.2 Å². The predicted molar refractivity (Wildman–Crippen MR) is 225 cm³/mol. The first kappa shape index (κ1) is 39.8. The Morgan fingerprint density at radius 1 is 0.828 bits per heavy atom. The van der Waals surface area contributed by atoms with Crippen LogP contribution in [0.25, 0.3) is 22.0 Å². The van der Waals surface area contributed by atoms with E-state index in [0.717, 1.165) is 66.8 Å². The van der Waals surface area contributed by atoms with Gasteiger partial charge in [-0.2, -0.15) is 0 Å². The maximum absolute atomic E-state index is 12.8. The number of phenolic OH excluding ortho intramolecular Hbond substituents is 1. The van der Waals surface area contributed by atoms with Crippen molar-refractivity contribution in [1.82, 2.24) is 15.2 Å². The van der Waals surface area contributed by atoms with Crippen LogP contribution in [0, 0.1) is 0 Å². The van der Waals surface area contributed by atoms with Crippen molar-refractivity contribution in [3.63, 3.8) is 0 Å². The number of aliphatic hydroxyl groups is 1. The molecule has 2 heterocycles. The van der Waals surface area contributed by atoms with Crippen LogP contribution in [0.15, 0.2) is 132 Å². The van der Waals surface area contributed by atoms with Gasteiger partial charge in [0.15, 0.2) is 6.61 Å². The van der Waals surface area contributed by atoms with Gasteiger partial charge in [0.25, 0.3) is 5.91 Å². The maximum atomic E-state index is 12.8. The normalized spacial score (nSPS) is 13.8. The standard InChI is InChI=1S/C46H47N5O7/c52-40-20-18-37(38-19-21-43(54)50-45(38)40)41(53)29-47-28-33-10-4-7-13-42(33)57-30-44(55)48-34-16-14-31(15-17-34)22-25-51-26-23-35(24-27-51)58-46(56)49-39-12-6-5-11-36(39)32-8-2-1-3-9-32/h1-21,35,41,47,52-53H,22-30H2,(H,48,55)(H,49,56)(H,50,54)/t41-/m1/s1. The van der Waals surface area contributed by atoms with E-state index in [1.165, 1.54) is 12.1 Å². The molecule has 1 aliphatic heterocycles. The lowest BCUT2D eigenvalue weighted by molar-refractivity contribution is -0.118. The van der Waals surface area contributed by atoms with Crippen LogP contribution >= 0.6 is 0 Å². The first-order valence-corrected chi connectivity index (χ1v) is 19.5. The molecular formula is C46H47N5O7. The predicted octanol–water partition coefficient (Wildman–Crippen LogP) is 7.00. The number of likely N-dealkylation sites (tertiary alicyclic amines) is 1. The first-order chi connectivity index (χ1) is 28.3. The van der Waals surface area contributed by atoms with E-state index in [9.17, 15) is 24.6 Å². The topological polar surface area (TPSA) is 165 Å². The number of pyridine rings is 1. The van der Waals surface area contributed by atoms with Gasteiger partial charge in [-0.15, -0.1) is 0 Å². The Morgan fingerprint density at radius 2 is 1.57 bits per heavy atom. The summed E-state index contributed by atoms with van der Waals surface area (Å²) in [5, 5.41) is 30.7. The molecule has 0 saturated carbocycles. The number of ether oxygens (including phenoxy) is 2. The van der Waals surface area contributed by atoms with Crippen LogP contribution < -0.4 is 26.2 Å².